The van der Waals surface area contributed by atoms with Gasteiger partial charge in [-0.1, -0.05) is 40.0 Å². The first-order valence-corrected chi connectivity index (χ1v) is 8.45. The van der Waals surface area contributed by atoms with Crippen LogP contribution in [0.4, 0.5) is 0 Å². The van der Waals surface area contributed by atoms with Crippen molar-refractivity contribution in [2.24, 2.45) is 0 Å². The standard InChI is InChI=1S/C12H27O3P.4CO.Ru/c1-4-7-10-13-16(14-11-8-5-2)15-12-9-6-3;4*1-2;/h4-12H2,1-3H3;;;;;. The Morgan fingerprint density at radius 2 is 0.760 bits per heavy atom. The van der Waals surface area contributed by atoms with E-state index in [1.54, 1.807) is 0 Å². The number of rotatable bonds is 12. The molecule has 0 amide bonds. The van der Waals surface area contributed by atoms with E-state index in [0.717, 1.165) is 58.3 Å². The summed E-state index contributed by atoms with van der Waals surface area (Å²) in [6, 6.07) is 0. The summed E-state index contributed by atoms with van der Waals surface area (Å²) >= 11 is 0. The molecule has 0 fully saturated rings. The van der Waals surface area contributed by atoms with Gasteiger partial charge in [0.25, 0.3) is 27.2 Å². The van der Waals surface area contributed by atoms with Crippen molar-refractivity contribution >= 4 is 35.8 Å². The summed E-state index contributed by atoms with van der Waals surface area (Å²) in [6.45, 7) is 26.7. The van der Waals surface area contributed by atoms with Crippen LogP contribution in [0.3, 0.4) is 0 Å². The first-order chi connectivity index (χ1) is 11.8. The van der Waals surface area contributed by atoms with Gasteiger partial charge < -0.3 is 13.6 Å². The largest absolute Gasteiger partial charge is 0.332 e. The van der Waals surface area contributed by atoms with Crippen LogP contribution in [0.5, 0.6) is 0 Å². The smallest absolute Gasteiger partial charge is 0.312 e. The molecule has 0 bridgehead atoms. The van der Waals surface area contributed by atoms with Crippen LogP contribution in [-0.4, -0.2) is 47.0 Å². The summed E-state index contributed by atoms with van der Waals surface area (Å²) in [7, 11) is -1.10. The average Bonchev–Trinajstić information content (AvgIpc) is 2.68. The van der Waals surface area contributed by atoms with Gasteiger partial charge in [0.15, 0.2) is 0 Å². The molecule has 146 valence electrons. The minimum absolute atomic E-state index is 0. The molecular formula is C16H27O7PRu. The van der Waals surface area contributed by atoms with Gasteiger partial charge in [0.1, 0.15) is 0 Å². The van der Waals surface area contributed by atoms with Crippen LogP contribution in [0.1, 0.15) is 59.3 Å². The van der Waals surface area contributed by atoms with Gasteiger partial charge >= 0.3 is 8.60 Å². The Morgan fingerprint density at radius 3 is 0.920 bits per heavy atom. The summed E-state index contributed by atoms with van der Waals surface area (Å²) in [4.78, 5) is 30.0. The molecule has 0 aliphatic rings. The maximum absolute atomic E-state index is 7.50. The van der Waals surface area contributed by atoms with Crippen LogP contribution in [-0.2, 0) is 52.2 Å². The van der Waals surface area contributed by atoms with Crippen LogP contribution in [0.2, 0.25) is 0 Å². The number of carbonyl (C=O) groups excluding carboxylic acids is 4. The van der Waals surface area contributed by atoms with E-state index in [1.165, 1.54) is 0 Å². The molecule has 0 N–H and O–H groups in total. The molecule has 0 aromatic heterocycles. The average molecular weight is 463 g/mol. The van der Waals surface area contributed by atoms with E-state index in [9.17, 15) is 0 Å². The molecule has 9 heteroatoms. The predicted octanol–water partition coefficient (Wildman–Crippen LogP) is 3.07. The SMILES string of the molecule is CCCCOP(OCCCC)OCCCC.[C]=O.[C]=O.[C]=O.[C]=O.[Ru]. The Balaban J connectivity index is -0.0000000874. The van der Waals surface area contributed by atoms with E-state index >= 15 is 0 Å². The van der Waals surface area contributed by atoms with Gasteiger partial charge in [0.2, 0.25) is 0 Å². The van der Waals surface area contributed by atoms with Crippen LogP contribution in [0.25, 0.3) is 0 Å². The number of hydrogen-bond acceptors (Lipinski definition) is 7. The zero-order valence-corrected chi connectivity index (χ0v) is 17.7. The fourth-order valence-electron chi connectivity index (χ4n) is 0.962. The molecule has 25 heavy (non-hydrogen) atoms. The van der Waals surface area contributed by atoms with Gasteiger partial charge in [-0.15, -0.1) is 0 Å². The van der Waals surface area contributed by atoms with Crippen molar-refractivity contribution in [3.8, 4) is 0 Å². The van der Waals surface area contributed by atoms with E-state index < -0.39 is 8.60 Å². The fraction of sp³-hybridized carbons (Fsp3) is 0.750. The molecule has 0 heterocycles. The second kappa shape index (κ2) is 56.5. The van der Waals surface area contributed by atoms with Gasteiger partial charge in [0.05, 0.1) is 19.8 Å². The van der Waals surface area contributed by atoms with Crippen molar-refractivity contribution < 1.29 is 52.2 Å². The monoisotopic (exact) mass is 464 g/mol. The topological polar surface area (TPSA) is 96.0 Å². The molecule has 7 nitrogen and oxygen atoms in total. The van der Waals surface area contributed by atoms with E-state index in [4.69, 9.17) is 32.7 Å². The Labute approximate surface area is 167 Å². The third-order valence-electron chi connectivity index (χ3n) is 2.08. The molecule has 8 radical (unpaired) electrons. The molecule has 0 saturated heterocycles. The zero-order valence-electron chi connectivity index (χ0n) is 15.0. The van der Waals surface area contributed by atoms with E-state index in [1.807, 2.05) is 0 Å². The Bertz CT molecular complexity index is 162. The van der Waals surface area contributed by atoms with Gasteiger partial charge in [-0.05, 0) is 19.3 Å². The van der Waals surface area contributed by atoms with Crippen molar-refractivity contribution in [1.29, 1.82) is 0 Å². The second-order valence-corrected chi connectivity index (χ2v) is 5.01. The zero-order chi connectivity index (χ0) is 20.1. The Kier molecular flexibility index (Phi) is 89.6. The first-order valence-electron chi connectivity index (χ1n) is 7.35. The normalized spacial score (nSPS) is 7.84. The second-order valence-electron chi connectivity index (χ2n) is 3.78. The third-order valence-corrected chi connectivity index (χ3v) is 3.26. The molecule has 0 aliphatic heterocycles. The van der Waals surface area contributed by atoms with Gasteiger partial charge in [-0.25, -0.2) is 0 Å². The van der Waals surface area contributed by atoms with Gasteiger partial charge in [-0.2, -0.15) is 0 Å². The van der Waals surface area contributed by atoms with Crippen molar-refractivity contribution in [2.45, 2.75) is 59.3 Å². The van der Waals surface area contributed by atoms with Crippen molar-refractivity contribution in [3.63, 3.8) is 0 Å². The summed E-state index contributed by atoms with van der Waals surface area (Å²) < 4.78 is 16.8. The summed E-state index contributed by atoms with van der Waals surface area (Å²) in [6.07, 6.45) is 6.67. The third kappa shape index (κ3) is 51.7. The van der Waals surface area contributed by atoms with Crippen LogP contribution in [0.15, 0.2) is 0 Å². The van der Waals surface area contributed by atoms with E-state index in [0.29, 0.717) is 0 Å². The van der Waals surface area contributed by atoms with Crippen molar-refractivity contribution in [1.82, 2.24) is 0 Å². The van der Waals surface area contributed by atoms with Crippen molar-refractivity contribution in [2.75, 3.05) is 19.8 Å². The maximum Gasteiger partial charge on any atom is 0.332 e. The first kappa shape index (κ1) is 39.6. The quantitative estimate of drug-likeness (QED) is 0.249. The minimum atomic E-state index is -1.10. The molecule has 0 saturated carbocycles. The number of hydrogen-bond donors (Lipinski definition) is 0. The van der Waals surface area contributed by atoms with Crippen LogP contribution in [0, 0.1) is 0 Å². The summed E-state index contributed by atoms with van der Waals surface area (Å²) in [5.41, 5.74) is 0. The Hall–Kier alpha value is -0.387. The fourth-order valence-corrected chi connectivity index (χ4v) is 2.02. The predicted molar refractivity (Wildman–Crippen MR) is 92.3 cm³/mol. The molecule has 0 atom stereocenters. The molecule has 0 aliphatic carbocycles. The van der Waals surface area contributed by atoms with Gasteiger partial charge in [0, 0.05) is 19.5 Å². The minimum Gasteiger partial charge on any atom is -0.312 e. The Morgan fingerprint density at radius 1 is 0.560 bits per heavy atom. The van der Waals surface area contributed by atoms with Crippen molar-refractivity contribution in [3.05, 3.63) is 0 Å². The molecule has 0 rings (SSSR count). The summed E-state index contributed by atoms with van der Waals surface area (Å²) in [5, 5.41) is 0. The number of unbranched alkanes of at least 4 members (excludes halogenated alkanes) is 3. The molecular weight excluding hydrogens is 436 g/mol. The molecule has 0 aromatic rings. The van der Waals surface area contributed by atoms with Gasteiger partial charge in [-0.3, -0.25) is 19.2 Å². The van der Waals surface area contributed by atoms with E-state index in [-0.39, 0.29) is 19.5 Å². The molecule has 0 aromatic carbocycles. The van der Waals surface area contributed by atoms with E-state index in [2.05, 4.69) is 47.9 Å². The van der Waals surface area contributed by atoms with Crippen LogP contribution >= 0.6 is 8.60 Å². The summed E-state index contributed by atoms with van der Waals surface area (Å²) in [5.74, 6) is 0. The van der Waals surface area contributed by atoms with Crippen LogP contribution < -0.4 is 0 Å². The molecule has 0 unspecified atom stereocenters. The molecule has 0 spiro atoms. The maximum atomic E-state index is 7.50.